The summed E-state index contributed by atoms with van der Waals surface area (Å²) < 4.78 is 15.3. The van der Waals surface area contributed by atoms with Crippen LogP contribution in [-0.4, -0.2) is 38.9 Å². The molecule has 0 radical (unpaired) electrons. The van der Waals surface area contributed by atoms with Gasteiger partial charge < -0.3 is 19.5 Å². The summed E-state index contributed by atoms with van der Waals surface area (Å²) in [5.74, 6) is 0.452. The highest BCUT2D eigenvalue weighted by Crippen LogP contribution is 2.21. The van der Waals surface area contributed by atoms with Gasteiger partial charge in [0.2, 0.25) is 0 Å². The Labute approximate surface area is 120 Å². The molecule has 0 bridgehead atoms. The van der Waals surface area contributed by atoms with Gasteiger partial charge in [-0.25, -0.2) is 4.79 Å². The maximum absolute atomic E-state index is 11.9. The Bertz CT molecular complexity index is 428. The third-order valence-electron chi connectivity index (χ3n) is 3.16. The molecule has 0 amide bonds. The number of benzene rings is 1. The highest BCUT2D eigenvalue weighted by atomic mass is 16.5. The summed E-state index contributed by atoms with van der Waals surface area (Å²) >= 11 is 0. The van der Waals surface area contributed by atoms with Gasteiger partial charge >= 0.3 is 5.97 Å². The van der Waals surface area contributed by atoms with Crippen molar-refractivity contribution in [3.63, 3.8) is 0 Å². The molecule has 0 aliphatic heterocycles. The average molecular weight is 281 g/mol. The third kappa shape index (κ3) is 4.74. The van der Waals surface area contributed by atoms with Gasteiger partial charge in [-0.2, -0.15) is 0 Å². The Kier molecular flexibility index (Phi) is 5.82. The second kappa shape index (κ2) is 7.14. The van der Waals surface area contributed by atoms with E-state index < -0.39 is 11.6 Å². The summed E-state index contributed by atoms with van der Waals surface area (Å²) in [6, 6.07) is 6.91. The van der Waals surface area contributed by atoms with Crippen molar-refractivity contribution in [2.24, 2.45) is 0 Å². The maximum atomic E-state index is 11.9. The Hall–Kier alpha value is -1.75. The molecule has 0 heterocycles. The van der Waals surface area contributed by atoms with Gasteiger partial charge in [-0.15, -0.1) is 0 Å². The van der Waals surface area contributed by atoms with E-state index in [1.54, 1.807) is 14.2 Å². The largest absolute Gasteiger partial charge is 0.497 e. The van der Waals surface area contributed by atoms with Gasteiger partial charge in [0.05, 0.1) is 19.8 Å². The number of hydrogen-bond donors (Lipinski definition) is 1. The molecule has 0 fully saturated rings. The van der Waals surface area contributed by atoms with Crippen LogP contribution in [0.25, 0.3) is 0 Å². The average Bonchev–Trinajstić information content (AvgIpc) is 2.46. The van der Waals surface area contributed by atoms with E-state index in [4.69, 9.17) is 14.2 Å². The number of carbonyl (C=O) groups excluding carboxylic acids is 1. The molecule has 5 heteroatoms. The van der Waals surface area contributed by atoms with E-state index in [0.717, 1.165) is 11.4 Å². The third-order valence-corrected chi connectivity index (χ3v) is 3.16. The van der Waals surface area contributed by atoms with Crippen LogP contribution in [0.15, 0.2) is 24.3 Å². The van der Waals surface area contributed by atoms with Crippen LogP contribution in [0.3, 0.4) is 0 Å². The van der Waals surface area contributed by atoms with E-state index in [-0.39, 0.29) is 5.97 Å². The van der Waals surface area contributed by atoms with Crippen LogP contribution in [0.5, 0.6) is 5.75 Å². The van der Waals surface area contributed by atoms with Crippen LogP contribution in [-0.2, 0) is 14.3 Å². The lowest BCUT2D eigenvalue weighted by Gasteiger charge is -2.28. The number of anilines is 1. The van der Waals surface area contributed by atoms with E-state index in [1.807, 2.05) is 38.1 Å². The fourth-order valence-corrected chi connectivity index (χ4v) is 1.80. The molecule has 0 saturated heterocycles. The first-order valence-electron chi connectivity index (χ1n) is 6.45. The molecule has 0 saturated carbocycles. The number of esters is 1. The highest BCUT2D eigenvalue weighted by Gasteiger charge is 2.28. The van der Waals surface area contributed by atoms with Crippen LogP contribution in [0.1, 0.15) is 20.3 Å². The molecule has 1 atom stereocenters. The number of nitrogens with one attached hydrogen (secondary N) is 1. The summed E-state index contributed by atoms with van der Waals surface area (Å²) in [5, 5.41) is 3.16. The lowest BCUT2D eigenvalue weighted by atomic mass is 9.98. The van der Waals surface area contributed by atoms with Gasteiger partial charge in [-0.3, -0.25) is 0 Å². The summed E-state index contributed by atoms with van der Waals surface area (Å²) in [4.78, 5) is 11.9. The van der Waals surface area contributed by atoms with E-state index >= 15 is 0 Å². The number of rotatable bonds is 7. The van der Waals surface area contributed by atoms with Gasteiger partial charge in [-0.1, -0.05) is 0 Å². The number of methoxy groups -OCH3 is 3. The fraction of sp³-hybridized carbons (Fsp3) is 0.533. The molecule has 1 N–H and O–H groups in total. The Balaban J connectivity index is 2.80. The summed E-state index contributed by atoms with van der Waals surface area (Å²) in [5.41, 5.74) is 0.409. The van der Waals surface area contributed by atoms with Crippen molar-refractivity contribution < 1.29 is 19.0 Å². The Morgan fingerprint density at radius 1 is 1.20 bits per heavy atom. The highest BCUT2D eigenvalue weighted by molar-refractivity contribution is 5.79. The van der Waals surface area contributed by atoms with Crippen molar-refractivity contribution in [2.75, 3.05) is 26.6 Å². The van der Waals surface area contributed by atoms with Gasteiger partial charge in [0.25, 0.3) is 0 Å². The fourth-order valence-electron chi connectivity index (χ4n) is 1.80. The Morgan fingerprint density at radius 3 is 2.25 bits per heavy atom. The standard InChI is InChI=1S/C15H23NO4/c1-15(2,20-5)10-13(14(17)19-4)16-11-6-8-12(18-3)9-7-11/h6-9,13,16H,10H2,1-5H3. The minimum Gasteiger partial charge on any atom is -0.497 e. The first-order valence-corrected chi connectivity index (χ1v) is 6.45. The van der Waals surface area contributed by atoms with Crippen molar-refractivity contribution in [3.05, 3.63) is 24.3 Å². The molecule has 0 aliphatic rings. The molecule has 0 aromatic heterocycles. The topological polar surface area (TPSA) is 56.8 Å². The van der Waals surface area contributed by atoms with Crippen molar-refractivity contribution in [1.82, 2.24) is 0 Å². The first-order chi connectivity index (χ1) is 9.41. The molecular formula is C15H23NO4. The van der Waals surface area contributed by atoms with Crippen LogP contribution < -0.4 is 10.1 Å². The quantitative estimate of drug-likeness (QED) is 0.778. The molecule has 1 rings (SSSR count). The van der Waals surface area contributed by atoms with Gasteiger partial charge in [0, 0.05) is 19.2 Å². The van der Waals surface area contributed by atoms with Crippen molar-refractivity contribution in [3.8, 4) is 5.75 Å². The molecule has 0 spiro atoms. The summed E-state index contributed by atoms with van der Waals surface area (Å²) in [6.45, 7) is 3.86. The lowest BCUT2D eigenvalue weighted by molar-refractivity contribution is -0.143. The zero-order valence-corrected chi connectivity index (χ0v) is 12.7. The molecule has 1 unspecified atom stereocenters. The first kappa shape index (κ1) is 16.3. The van der Waals surface area contributed by atoms with Crippen LogP contribution in [0, 0.1) is 0 Å². The molecule has 1 aromatic rings. The predicted molar refractivity (Wildman–Crippen MR) is 78.1 cm³/mol. The predicted octanol–water partition coefficient (Wildman–Crippen LogP) is 2.46. The normalized spacial score (nSPS) is 12.7. The zero-order valence-electron chi connectivity index (χ0n) is 12.7. The monoisotopic (exact) mass is 281 g/mol. The van der Waals surface area contributed by atoms with Crippen LogP contribution >= 0.6 is 0 Å². The molecule has 0 aliphatic carbocycles. The molecule has 1 aromatic carbocycles. The molecule has 20 heavy (non-hydrogen) atoms. The second-order valence-electron chi connectivity index (χ2n) is 5.12. The summed E-state index contributed by atoms with van der Waals surface area (Å²) in [7, 11) is 4.62. The lowest BCUT2D eigenvalue weighted by Crippen LogP contribution is -2.39. The van der Waals surface area contributed by atoms with E-state index in [1.165, 1.54) is 7.11 Å². The maximum Gasteiger partial charge on any atom is 0.328 e. The minimum absolute atomic E-state index is 0.314. The molecular weight excluding hydrogens is 258 g/mol. The SMILES string of the molecule is COC(=O)C(CC(C)(C)OC)Nc1ccc(OC)cc1. The van der Waals surface area contributed by atoms with Crippen molar-refractivity contribution in [2.45, 2.75) is 31.9 Å². The minimum atomic E-state index is -0.469. The van der Waals surface area contributed by atoms with E-state index in [0.29, 0.717) is 6.42 Å². The smallest absolute Gasteiger partial charge is 0.328 e. The van der Waals surface area contributed by atoms with Gasteiger partial charge in [0.15, 0.2) is 0 Å². The number of carbonyl (C=O) groups is 1. The van der Waals surface area contributed by atoms with E-state index in [2.05, 4.69) is 5.32 Å². The number of ether oxygens (including phenoxy) is 3. The van der Waals surface area contributed by atoms with Crippen molar-refractivity contribution in [1.29, 1.82) is 0 Å². The second-order valence-corrected chi connectivity index (χ2v) is 5.12. The zero-order chi connectivity index (χ0) is 15.2. The Morgan fingerprint density at radius 2 is 1.80 bits per heavy atom. The number of hydrogen-bond acceptors (Lipinski definition) is 5. The van der Waals surface area contributed by atoms with Gasteiger partial charge in [0.1, 0.15) is 11.8 Å². The van der Waals surface area contributed by atoms with E-state index in [9.17, 15) is 4.79 Å². The van der Waals surface area contributed by atoms with Crippen molar-refractivity contribution >= 4 is 11.7 Å². The molecule has 5 nitrogen and oxygen atoms in total. The summed E-state index contributed by atoms with van der Waals surface area (Å²) in [6.07, 6.45) is 0.502. The molecule has 112 valence electrons. The van der Waals surface area contributed by atoms with Crippen LogP contribution in [0.4, 0.5) is 5.69 Å². The van der Waals surface area contributed by atoms with Crippen LogP contribution in [0.2, 0.25) is 0 Å². The van der Waals surface area contributed by atoms with Gasteiger partial charge in [-0.05, 0) is 38.1 Å².